The molecule has 0 bridgehead atoms. The highest BCUT2D eigenvalue weighted by Gasteiger charge is 2.11. The molecule has 1 N–H and O–H groups in total. The molecule has 0 radical (unpaired) electrons. The minimum atomic E-state index is -3.31. The normalized spacial score (nSPS) is 11.6. The van der Waals surface area contributed by atoms with Crippen LogP contribution in [0.4, 0.5) is 0 Å². The molecule has 0 heterocycles. The van der Waals surface area contributed by atoms with Crippen molar-refractivity contribution >= 4 is 48.5 Å². The molecule has 0 aliphatic rings. The first-order valence-electron chi connectivity index (χ1n) is 3.36. The van der Waals surface area contributed by atoms with Crippen LogP contribution in [0, 0.1) is 3.57 Å². The molecule has 0 aliphatic carbocycles. The Morgan fingerprint density at radius 2 is 2.08 bits per heavy atom. The average molecular weight is 376 g/mol. The maximum atomic E-state index is 11.3. The molecule has 0 unspecified atom stereocenters. The van der Waals surface area contributed by atoms with Crippen LogP contribution >= 0.6 is 38.5 Å². The Bertz CT molecular complexity index is 419. The molecule has 1 aromatic carbocycles. The summed E-state index contributed by atoms with van der Waals surface area (Å²) in [6, 6.07) is 4.88. The predicted molar refractivity (Wildman–Crippen MR) is 63.1 cm³/mol. The summed E-state index contributed by atoms with van der Waals surface area (Å²) >= 11 is 5.36. The fourth-order valence-corrected chi connectivity index (χ4v) is 2.49. The molecule has 0 aliphatic heterocycles. The van der Waals surface area contributed by atoms with Gasteiger partial charge in [-0.3, -0.25) is 0 Å². The van der Waals surface area contributed by atoms with Crippen LogP contribution < -0.4 is 4.72 Å². The molecule has 1 rings (SSSR count). The largest absolute Gasteiger partial charge is 0.240 e. The van der Waals surface area contributed by atoms with Crippen molar-refractivity contribution in [2.75, 3.05) is 7.05 Å². The van der Waals surface area contributed by atoms with Crippen molar-refractivity contribution in [3.63, 3.8) is 0 Å². The smallest absolute Gasteiger partial charge is 0.214 e. The summed E-state index contributed by atoms with van der Waals surface area (Å²) < 4.78 is 26.7. The highest BCUT2D eigenvalue weighted by atomic mass is 127. The van der Waals surface area contributed by atoms with Crippen molar-refractivity contribution in [3.05, 3.63) is 26.2 Å². The zero-order chi connectivity index (χ0) is 10.1. The van der Waals surface area contributed by atoms with E-state index < -0.39 is 10.0 Å². The fraction of sp³-hybridized carbons (Fsp3) is 0.143. The number of hydrogen-bond acceptors (Lipinski definition) is 2. The van der Waals surface area contributed by atoms with Crippen LogP contribution in [0.25, 0.3) is 0 Å². The molecule has 0 atom stereocenters. The van der Waals surface area contributed by atoms with Crippen molar-refractivity contribution < 1.29 is 8.42 Å². The molecule has 13 heavy (non-hydrogen) atoms. The summed E-state index contributed by atoms with van der Waals surface area (Å²) in [6.45, 7) is 0. The van der Waals surface area contributed by atoms with Crippen molar-refractivity contribution in [1.82, 2.24) is 4.72 Å². The van der Waals surface area contributed by atoms with E-state index in [1.54, 1.807) is 18.2 Å². The monoisotopic (exact) mass is 375 g/mol. The highest BCUT2D eigenvalue weighted by Crippen LogP contribution is 2.22. The van der Waals surface area contributed by atoms with Gasteiger partial charge in [0.25, 0.3) is 0 Å². The van der Waals surface area contributed by atoms with E-state index in [4.69, 9.17) is 0 Å². The van der Waals surface area contributed by atoms with Gasteiger partial charge in [-0.2, -0.15) is 0 Å². The van der Waals surface area contributed by atoms with Crippen LogP contribution in [-0.2, 0) is 10.0 Å². The van der Waals surface area contributed by atoms with Crippen LogP contribution in [0.3, 0.4) is 0 Å². The molecule has 3 nitrogen and oxygen atoms in total. The summed E-state index contributed by atoms with van der Waals surface area (Å²) in [5, 5.41) is 0. The van der Waals surface area contributed by atoms with Gasteiger partial charge in [0.1, 0.15) is 0 Å². The van der Waals surface area contributed by atoms with Gasteiger partial charge in [0.15, 0.2) is 0 Å². The zero-order valence-electron chi connectivity index (χ0n) is 6.71. The average Bonchev–Trinajstić information content (AvgIpc) is 2.09. The van der Waals surface area contributed by atoms with Gasteiger partial charge in [-0.05, 0) is 63.8 Å². The summed E-state index contributed by atoms with van der Waals surface area (Å²) in [6.07, 6.45) is 0. The van der Waals surface area contributed by atoms with Gasteiger partial charge in [0, 0.05) is 8.04 Å². The molecule has 0 saturated carbocycles. The third-order valence-corrected chi connectivity index (χ3v) is 5.21. The fourth-order valence-electron chi connectivity index (χ4n) is 0.762. The molecular weight excluding hydrogens is 369 g/mol. The maximum absolute atomic E-state index is 11.3. The third kappa shape index (κ3) is 2.64. The molecule has 0 fully saturated rings. The molecule has 6 heteroatoms. The summed E-state index contributed by atoms with van der Waals surface area (Å²) in [7, 11) is -1.92. The Morgan fingerprint density at radius 3 is 2.54 bits per heavy atom. The van der Waals surface area contributed by atoms with E-state index in [1.165, 1.54) is 7.05 Å². The van der Waals surface area contributed by atoms with Gasteiger partial charge >= 0.3 is 0 Å². The Hall–Kier alpha value is 0.340. The van der Waals surface area contributed by atoms with E-state index in [0.717, 1.165) is 8.04 Å². The van der Waals surface area contributed by atoms with Gasteiger partial charge in [0.2, 0.25) is 10.0 Å². The second kappa shape index (κ2) is 4.24. The number of rotatable bonds is 2. The summed E-state index contributed by atoms with van der Waals surface area (Å²) in [5.74, 6) is 0. The molecular formula is C7H7BrINO2S. The second-order valence-electron chi connectivity index (χ2n) is 2.28. The van der Waals surface area contributed by atoms with Gasteiger partial charge in [-0.25, -0.2) is 13.1 Å². The van der Waals surface area contributed by atoms with Crippen molar-refractivity contribution in [3.8, 4) is 0 Å². The molecule has 0 aromatic heterocycles. The number of halogens is 2. The van der Waals surface area contributed by atoms with E-state index in [9.17, 15) is 8.42 Å². The van der Waals surface area contributed by atoms with Crippen molar-refractivity contribution in [1.29, 1.82) is 0 Å². The van der Waals surface area contributed by atoms with Gasteiger partial charge < -0.3 is 0 Å². The van der Waals surface area contributed by atoms with E-state index >= 15 is 0 Å². The van der Waals surface area contributed by atoms with Crippen LogP contribution in [-0.4, -0.2) is 15.5 Å². The lowest BCUT2D eigenvalue weighted by molar-refractivity contribution is 0.588. The lowest BCUT2D eigenvalue weighted by Gasteiger charge is -2.03. The van der Waals surface area contributed by atoms with E-state index in [2.05, 4.69) is 43.2 Å². The molecule has 0 spiro atoms. The standard InChI is InChI=1S/C7H7BrINO2S/c1-10-13(11,12)5-2-3-6(8)7(9)4-5/h2-4,10H,1H3. The van der Waals surface area contributed by atoms with Gasteiger partial charge in [-0.15, -0.1) is 0 Å². The quantitative estimate of drug-likeness (QED) is 0.803. The van der Waals surface area contributed by atoms with E-state index in [-0.39, 0.29) is 4.90 Å². The van der Waals surface area contributed by atoms with Crippen LogP contribution in [0.5, 0.6) is 0 Å². The lowest BCUT2D eigenvalue weighted by atomic mass is 10.4. The van der Waals surface area contributed by atoms with Crippen molar-refractivity contribution in [2.45, 2.75) is 4.90 Å². The molecule has 1 aromatic rings. The Kier molecular flexibility index (Phi) is 3.73. The first-order chi connectivity index (χ1) is 5.97. The zero-order valence-corrected chi connectivity index (χ0v) is 11.3. The van der Waals surface area contributed by atoms with E-state index in [1.807, 2.05) is 0 Å². The topological polar surface area (TPSA) is 46.2 Å². The summed E-state index contributed by atoms with van der Waals surface area (Å²) in [4.78, 5) is 0.280. The lowest BCUT2D eigenvalue weighted by Crippen LogP contribution is -2.18. The number of benzene rings is 1. The number of sulfonamides is 1. The Morgan fingerprint density at radius 1 is 1.46 bits per heavy atom. The predicted octanol–water partition coefficient (Wildman–Crippen LogP) is 1.96. The Balaban J connectivity index is 3.27. The summed E-state index contributed by atoms with van der Waals surface area (Å²) in [5.41, 5.74) is 0. The van der Waals surface area contributed by atoms with Gasteiger partial charge in [-0.1, -0.05) is 0 Å². The van der Waals surface area contributed by atoms with Gasteiger partial charge in [0.05, 0.1) is 4.90 Å². The number of hydrogen-bond donors (Lipinski definition) is 1. The maximum Gasteiger partial charge on any atom is 0.240 e. The van der Waals surface area contributed by atoms with Crippen LogP contribution in [0.15, 0.2) is 27.6 Å². The molecule has 72 valence electrons. The van der Waals surface area contributed by atoms with E-state index in [0.29, 0.717) is 0 Å². The molecule has 0 saturated heterocycles. The minimum Gasteiger partial charge on any atom is -0.214 e. The van der Waals surface area contributed by atoms with Crippen LogP contribution in [0.2, 0.25) is 0 Å². The molecule has 0 amide bonds. The SMILES string of the molecule is CNS(=O)(=O)c1ccc(Br)c(I)c1. The first kappa shape index (κ1) is 11.4. The Labute approximate surface area is 99.2 Å². The van der Waals surface area contributed by atoms with Crippen LogP contribution in [0.1, 0.15) is 0 Å². The second-order valence-corrected chi connectivity index (χ2v) is 6.19. The number of nitrogens with one attached hydrogen (secondary N) is 1. The van der Waals surface area contributed by atoms with Crippen molar-refractivity contribution in [2.24, 2.45) is 0 Å². The highest BCUT2D eigenvalue weighted by molar-refractivity contribution is 14.1. The third-order valence-electron chi connectivity index (χ3n) is 1.47. The first-order valence-corrected chi connectivity index (χ1v) is 6.71. The minimum absolute atomic E-state index is 0.280.